The van der Waals surface area contributed by atoms with Crippen molar-refractivity contribution in [3.05, 3.63) is 0 Å². The predicted molar refractivity (Wildman–Crippen MR) is 60.6 cm³/mol. The summed E-state index contributed by atoms with van der Waals surface area (Å²) in [4.78, 5) is 11.1. The molecule has 3 heteroatoms. The number of methoxy groups -OCH3 is 1. The highest BCUT2D eigenvalue weighted by atomic mass is 16.5. The molecular formula is C12H23NO2. The monoisotopic (exact) mass is 213 g/mol. The molecule has 0 aromatic rings. The Hall–Kier alpha value is -0.570. The molecule has 0 saturated heterocycles. The second-order valence-electron chi connectivity index (χ2n) is 4.87. The fourth-order valence-corrected chi connectivity index (χ4v) is 2.30. The van der Waals surface area contributed by atoms with E-state index in [0.29, 0.717) is 0 Å². The van der Waals surface area contributed by atoms with Crippen molar-refractivity contribution in [1.82, 2.24) is 5.32 Å². The molecule has 3 unspecified atom stereocenters. The maximum Gasteiger partial charge on any atom is 0.309 e. The van der Waals surface area contributed by atoms with Crippen LogP contribution in [-0.2, 0) is 9.53 Å². The third-order valence-corrected chi connectivity index (χ3v) is 3.29. The molecule has 0 aromatic heterocycles. The Balaban J connectivity index is 2.08. The lowest BCUT2D eigenvalue weighted by molar-refractivity contribution is -0.144. The molecule has 1 aliphatic rings. The van der Waals surface area contributed by atoms with Crippen LogP contribution in [-0.4, -0.2) is 26.2 Å². The Labute approximate surface area is 92.6 Å². The normalized spacial score (nSPS) is 27.7. The molecule has 0 spiro atoms. The van der Waals surface area contributed by atoms with E-state index in [0.717, 1.165) is 24.9 Å². The van der Waals surface area contributed by atoms with Gasteiger partial charge in [-0.05, 0) is 31.2 Å². The summed E-state index contributed by atoms with van der Waals surface area (Å²) in [5.74, 6) is 1.54. The predicted octanol–water partition coefficient (Wildman–Crippen LogP) is 1.82. The molecule has 1 saturated carbocycles. The van der Waals surface area contributed by atoms with E-state index in [4.69, 9.17) is 0 Å². The Kier molecular flexibility index (Phi) is 5.09. The van der Waals surface area contributed by atoms with Gasteiger partial charge in [-0.2, -0.15) is 0 Å². The molecule has 0 aliphatic heterocycles. The summed E-state index contributed by atoms with van der Waals surface area (Å²) in [6.07, 6.45) is 4.03. The molecule has 1 N–H and O–H groups in total. The summed E-state index contributed by atoms with van der Waals surface area (Å²) in [6.45, 7) is 6.00. The zero-order valence-electron chi connectivity index (χ0n) is 10.1. The van der Waals surface area contributed by atoms with Gasteiger partial charge >= 0.3 is 5.97 Å². The first-order valence-corrected chi connectivity index (χ1v) is 5.92. The van der Waals surface area contributed by atoms with E-state index < -0.39 is 0 Å². The molecule has 0 amide bonds. The number of carbonyl (C=O) groups is 1. The van der Waals surface area contributed by atoms with Gasteiger partial charge in [0.1, 0.15) is 0 Å². The summed E-state index contributed by atoms with van der Waals surface area (Å²) < 4.78 is 4.67. The third-order valence-electron chi connectivity index (χ3n) is 3.29. The third kappa shape index (κ3) is 4.20. The summed E-state index contributed by atoms with van der Waals surface area (Å²) in [5, 5.41) is 3.36. The molecule has 88 valence electrons. The van der Waals surface area contributed by atoms with E-state index >= 15 is 0 Å². The average Bonchev–Trinajstić information content (AvgIpc) is 2.63. The van der Waals surface area contributed by atoms with Gasteiger partial charge in [0.2, 0.25) is 0 Å². The van der Waals surface area contributed by atoms with Gasteiger partial charge in [0.05, 0.1) is 13.0 Å². The Morgan fingerprint density at radius 2 is 2.27 bits per heavy atom. The summed E-state index contributed by atoms with van der Waals surface area (Å²) in [5.41, 5.74) is 0. The average molecular weight is 213 g/mol. The van der Waals surface area contributed by atoms with Crippen LogP contribution in [0, 0.1) is 17.8 Å². The van der Waals surface area contributed by atoms with Crippen LogP contribution in [0.3, 0.4) is 0 Å². The molecule has 3 nitrogen and oxygen atoms in total. The summed E-state index contributed by atoms with van der Waals surface area (Å²) in [7, 11) is 1.44. The van der Waals surface area contributed by atoms with Crippen LogP contribution in [0.5, 0.6) is 0 Å². The zero-order chi connectivity index (χ0) is 11.3. The topological polar surface area (TPSA) is 38.3 Å². The van der Waals surface area contributed by atoms with Gasteiger partial charge in [-0.3, -0.25) is 4.79 Å². The lowest BCUT2D eigenvalue weighted by Gasteiger charge is -2.13. The Bertz CT molecular complexity index is 206. The highest BCUT2D eigenvalue weighted by Gasteiger charge is 2.21. The molecule has 0 aromatic carbocycles. The lowest BCUT2D eigenvalue weighted by Crippen LogP contribution is -2.30. The van der Waals surface area contributed by atoms with Gasteiger partial charge < -0.3 is 10.1 Å². The number of ether oxygens (including phenoxy) is 1. The van der Waals surface area contributed by atoms with Crippen LogP contribution in [0.4, 0.5) is 0 Å². The fraction of sp³-hybridized carbons (Fsp3) is 0.917. The highest BCUT2D eigenvalue weighted by Crippen LogP contribution is 2.29. The van der Waals surface area contributed by atoms with Gasteiger partial charge in [0.25, 0.3) is 0 Å². The number of hydrogen-bond acceptors (Lipinski definition) is 3. The minimum Gasteiger partial charge on any atom is -0.469 e. The molecule has 15 heavy (non-hydrogen) atoms. The summed E-state index contributed by atoms with van der Waals surface area (Å²) in [6, 6.07) is 0. The van der Waals surface area contributed by atoms with Crippen LogP contribution >= 0.6 is 0 Å². The number of rotatable bonds is 5. The minimum atomic E-state index is -0.123. The van der Waals surface area contributed by atoms with Crippen LogP contribution in [0.15, 0.2) is 0 Å². The zero-order valence-corrected chi connectivity index (χ0v) is 10.1. The largest absolute Gasteiger partial charge is 0.469 e. The van der Waals surface area contributed by atoms with Crippen molar-refractivity contribution in [1.29, 1.82) is 0 Å². The smallest absolute Gasteiger partial charge is 0.309 e. The summed E-state index contributed by atoms with van der Waals surface area (Å²) >= 11 is 0. The molecule has 0 heterocycles. The van der Waals surface area contributed by atoms with Gasteiger partial charge in [0.15, 0.2) is 0 Å². The van der Waals surface area contributed by atoms with Crippen molar-refractivity contribution in [3.8, 4) is 0 Å². The van der Waals surface area contributed by atoms with Crippen LogP contribution in [0.25, 0.3) is 0 Å². The first-order valence-electron chi connectivity index (χ1n) is 5.92. The van der Waals surface area contributed by atoms with E-state index in [1.807, 2.05) is 6.92 Å². The molecule has 1 fully saturated rings. The Morgan fingerprint density at radius 3 is 2.80 bits per heavy atom. The number of carbonyl (C=O) groups excluding carboxylic acids is 1. The first kappa shape index (κ1) is 12.5. The highest BCUT2D eigenvalue weighted by molar-refractivity contribution is 5.71. The van der Waals surface area contributed by atoms with E-state index in [2.05, 4.69) is 17.0 Å². The van der Waals surface area contributed by atoms with E-state index in [9.17, 15) is 4.79 Å². The standard InChI is InChI=1S/C12H23NO2/c1-9-4-5-11(6-9)8-13-7-10(2)12(14)15-3/h9-11,13H,4-8H2,1-3H3. The Morgan fingerprint density at radius 1 is 1.53 bits per heavy atom. The van der Waals surface area contributed by atoms with Crippen molar-refractivity contribution in [2.24, 2.45) is 17.8 Å². The molecule has 3 atom stereocenters. The van der Waals surface area contributed by atoms with Crippen molar-refractivity contribution in [3.63, 3.8) is 0 Å². The van der Waals surface area contributed by atoms with Crippen LogP contribution in [0.2, 0.25) is 0 Å². The molecule has 1 aliphatic carbocycles. The van der Waals surface area contributed by atoms with E-state index in [1.165, 1.54) is 26.4 Å². The van der Waals surface area contributed by atoms with Crippen LogP contribution in [0.1, 0.15) is 33.1 Å². The molecule has 0 radical (unpaired) electrons. The molecular weight excluding hydrogens is 190 g/mol. The van der Waals surface area contributed by atoms with Gasteiger partial charge in [-0.25, -0.2) is 0 Å². The number of nitrogens with one attached hydrogen (secondary N) is 1. The lowest BCUT2D eigenvalue weighted by atomic mass is 10.1. The van der Waals surface area contributed by atoms with Gasteiger partial charge in [0, 0.05) is 6.54 Å². The van der Waals surface area contributed by atoms with Crippen molar-refractivity contribution < 1.29 is 9.53 Å². The van der Waals surface area contributed by atoms with E-state index in [-0.39, 0.29) is 11.9 Å². The second kappa shape index (κ2) is 6.11. The number of hydrogen-bond donors (Lipinski definition) is 1. The maximum absolute atomic E-state index is 11.1. The fourth-order valence-electron chi connectivity index (χ4n) is 2.30. The van der Waals surface area contributed by atoms with Gasteiger partial charge in [-0.1, -0.05) is 20.3 Å². The molecule has 0 bridgehead atoms. The second-order valence-corrected chi connectivity index (χ2v) is 4.87. The van der Waals surface area contributed by atoms with Gasteiger partial charge in [-0.15, -0.1) is 0 Å². The van der Waals surface area contributed by atoms with Crippen LogP contribution < -0.4 is 5.32 Å². The first-order chi connectivity index (χ1) is 7.13. The SMILES string of the molecule is COC(=O)C(C)CNCC1CCC(C)C1. The van der Waals surface area contributed by atoms with Crippen molar-refractivity contribution in [2.45, 2.75) is 33.1 Å². The van der Waals surface area contributed by atoms with Crippen molar-refractivity contribution >= 4 is 5.97 Å². The van der Waals surface area contributed by atoms with E-state index in [1.54, 1.807) is 0 Å². The quantitative estimate of drug-likeness (QED) is 0.708. The number of esters is 1. The maximum atomic E-state index is 11.1. The minimum absolute atomic E-state index is 0.0335. The van der Waals surface area contributed by atoms with Crippen molar-refractivity contribution in [2.75, 3.05) is 20.2 Å². The molecule has 1 rings (SSSR count).